The zero-order chi connectivity index (χ0) is 17.3. The largest absolute Gasteiger partial charge is 0.573 e. The van der Waals surface area contributed by atoms with Gasteiger partial charge in [-0.3, -0.25) is 4.84 Å². The quantitative estimate of drug-likeness (QED) is 0.156. The molecule has 0 fully saturated rings. The van der Waals surface area contributed by atoms with E-state index in [1.807, 2.05) is 0 Å². The van der Waals surface area contributed by atoms with Gasteiger partial charge in [-0.25, -0.2) is 4.79 Å². The van der Waals surface area contributed by atoms with Crippen LogP contribution in [0.3, 0.4) is 0 Å². The predicted octanol–water partition coefficient (Wildman–Crippen LogP) is 2.56. The van der Waals surface area contributed by atoms with Crippen molar-refractivity contribution in [2.24, 2.45) is 5.16 Å². The summed E-state index contributed by atoms with van der Waals surface area (Å²) in [5, 5.41) is 4.16. The van der Waals surface area contributed by atoms with Gasteiger partial charge < -0.3 is 13.6 Å². The molecule has 0 saturated heterocycles. The molecule has 0 aliphatic rings. The van der Waals surface area contributed by atoms with E-state index in [2.05, 4.69) is 5.16 Å². The molecule has 0 bridgehead atoms. The number of rotatable bonds is 8. The first-order chi connectivity index (χ1) is 10.2. The maximum absolute atomic E-state index is 12.4. The van der Waals surface area contributed by atoms with Crippen molar-refractivity contribution in [3.8, 4) is 0 Å². The summed E-state index contributed by atoms with van der Waals surface area (Å²) in [6.07, 6.45) is 0.927. The van der Waals surface area contributed by atoms with Gasteiger partial charge in [0.1, 0.15) is 5.04 Å². The van der Waals surface area contributed by atoms with Crippen LogP contribution in [0.5, 0.6) is 0 Å². The third kappa shape index (κ3) is 6.71. The highest BCUT2D eigenvalue weighted by Crippen LogP contribution is 2.53. The van der Waals surface area contributed by atoms with E-state index in [1.54, 1.807) is 27.0 Å². The van der Waals surface area contributed by atoms with Crippen LogP contribution in [0.1, 0.15) is 20.8 Å². The Bertz CT molecular complexity index is 430. The van der Waals surface area contributed by atoms with Crippen LogP contribution in [0, 0.1) is 0 Å². The first-order valence-electron chi connectivity index (χ1n) is 6.32. The van der Waals surface area contributed by atoms with Gasteiger partial charge in [-0.15, -0.1) is 16.1 Å². The molecular formula is C10H22N3O5PS3. The number of hydrogen-bond donors (Lipinski definition) is 0. The molecule has 0 rings (SSSR count). The fourth-order valence-electron chi connectivity index (χ4n) is 1.05. The van der Waals surface area contributed by atoms with Crippen LogP contribution in [-0.4, -0.2) is 57.6 Å². The molecule has 0 aromatic heterocycles. The van der Waals surface area contributed by atoms with Crippen molar-refractivity contribution in [2.75, 3.05) is 33.6 Å². The lowest BCUT2D eigenvalue weighted by Gasteiger charge is -2.31. The fraction of sp³-hybridized carbons (Fsp3) is 0.800. The summed E-state index contributed by atoms with van der Waals surface area (Å²) in [7, 11) is 2.79. The molecule has 0 aliphatic heterocycles. The highest BCUT2D eigenvalue weighted by Gasteiger charge is 2.39. The van der Waals surface area contributed by atoms with Gasteiger partial charge in [0.05, 0.1) is 20.3 Å². The Morgan fingerprint density at radius 2 is 1.86 bits per heavy atom. The van der Waals surface area contributed by atoms with Crippen LogP contribution in [0.25, 0.3) is 0 Å². The molecular weight excluding hydrogens is 369 g/mol. The number of carbonyl (C=O) groups excluding carboxylic acids is 1. The van der Waals surface area contributed by atoms with E-state index in [0.29, 0.717) is 18.3 Å². The number of thioether (sulfide) groups is 1. The number of oxime groups is 1. The Labute approximate surface area is 144 Å². The van der Waals surface area contributed by atoms with E-state index in [4.69, 9.17) is 25.7 Å². The Morgan fingerprint density at radius 1 is 1.36 bits per heavy atom. The molecule has 0 aliphatic carbocycles. The van der Waals surface area contributed by atoms with Crippen LogP contribution in [-0.2, 0) is 37.2 Å². The monoisotopic (exact) mass is 391 g/mol. The van der Waals surface area contributed by atoms with Gasteiger partial charge >= 0.3 is 12.7 Å². The third-order valence-corrected chi connectivity index (χ3v) is 8.53. The van der Waals surface area contributed by atoms with Crippen LogP contribution >= 0.6 is 18.4 Å². The average molecular weight is 391 g/mol. The van der Waals surface area contributed by atoms with Crippen molar-refractivity contribution in [3.05, 3.63) is 0 Å². The molecule has 130 valence electrons. The third-order valence-electron chi connectivity index (χ3n) is 2.19. The molecule has 1 atom stereocenters. The van der Waals surface area contributed by atoms with Gasteiger partial charge in [0.15, 0.2) is 11.5 Å². The summed E-state index contributed by atoms with van der Waals surface area (Å²) in [4.78, 5) is 16.5. The van der Waals surface area contributed by atoms with Crippen molar-refractivity contribution in [2.45, 2.75) is 20.8 Å². The molecule has 22 heavy (non-hydrogen) atoms. The van der Waals surface area contributed by atoms with Crippen LogP contribution < -0.4 is 0 Å². The van der Waals surface area contributed by atoms with Gasteiger partial charge in [-0.05, 0) is 42.9 Å². The Hall–Kier alpha value is 0.130. The number of hydrogen-bond acceptors (Lipinski definition) is 8. The average Bonchev–Trinajstić information content (AvgIpc) is 2.50. The summed E-state index contributed by atoms with van der Waals surface area (Å²) in [5.41, 5.74) is 0. The Kier molecular flexibility index (Phi) is 10.9. The van der Waals surface area contributed by atoms with E-state index >= 15 is 0 Å². The van der Waals surface area contributed by atoms with E-state index in [0.717, 1.165) is 4.31 Å². The Morgan fingerprint density at radius 3 is 2.27 bits per heavy atom. The van der Waals surface area contributed by atoms with E-state index in [1.165, 1.54) is 29.9 Å². The van der Waals surface area contributed by atoms with Gasteiger partial charge in [0.2, 0.25) is 0 Å². The van der Waals surface area contributed by atoms with Crippen LogP contribution in [0.2, 0.25) is 0 Å². The number of amides is 1. The number of nitrogens with zero attached hydrogens (tertiary/aromatic N) is 3. The minimum Gasteiger partial charge on any atom is -0.573 e. The van der Waals surface area contributed by atoms with Crippen molar-refractivity contribution in [1.29, 1.82) is 0 Å². The minimum atomic E-state index is -2.93. The lowest BCUT2D eigenvalue weighted by atomic mass is 10.9. The molecule has 0 saturated carbocycles. The zero-order valence-corrected chi connectivity index (χ0v) is 16.8. The maximum Gasteiger partial charge on any atom is 0.479 e. The van der Waals surface area contributed by atoms with Crippen molar-refractivity contribution in [3.63, 3.8) is 0 Å². The van der Waals surface area contributed by atoms with E-state index in [-0.39, 0.29) is 0 Å². The van der Waals surface area contributed by atoms with Crippen molar-refractivity contribution >= 4 is 52.9 Å². The fourth-order valence-corrected chi connectivity index (χ4v) is 5.17. The van der Waals surface area contributed by atoms with Crippen LogP contribution in [0.15, 0.2) is 5.16 Å². The molecule has 8 nitrogen and oxygen atoms in total. The van der Waals surface area contributed by atoms with Crippen molar-refractivity contribution in [1.82, 2.24) is 8.38 Å². The molecule has 1 unspecified atom stereocenters. The molecule has 12 heteroatoms. The second-order valence-corrected chi connectivity index (χ2v) is 9.93. The SMILES string of the molecule is CCOP(=S)(OCC)N(C)[S+]([O-])N(C)C(=O)ON=C(C)SC. The zero-order valence-electron chi connectivity index (χ0n) is 13.5. The topological polar surface area (TPSA) is 86.7 Å². The first kappa shape index (κ1) is 22.1. The smallest absolute Gasteiger partial charge is 0.479 e. The predicted molar refractivity (Wildman–Crippen MR) is 94.3 cm³/mol. The van der Waals surface area contributed by atoms with E-state index < -0.39 is 24.3 Å². The van der Waals surface area contributed by atoms with Gasteiger partial charge in [-0.1, -0.05) is 5.16 Å². The molecule has 0 N–H and O–H groups in total. The highest BCUT2D eigenvalue weighted by atomic mass is 32.5. The molecule has 0 heterocycles. The molecule has 0 spiro atoms. The lowest BCUT2D eigenvalue weighted by Crippen LogP contribution is -2.41. The minimum absolute atomic E-state index is 0.310. The normalized spacial score (nSPS) is 14.1. The van der Waals surface area contributed by atoms with Crippen molar-refractivity contribution < 1.29 is 23.2 Å². The first-order valence-corrected chi connectivity index (χ1v) is 11.2. The van der Waals surface area contributed by atoms with Crippen LogP contribution in [0.4, 0.5) is 4.79 Å². The highest BCUT2D eigenvalue weighted by molar-refractivity contribution is 8.13. The summed E-state index contributed by atoms with van der Waals surface area (Å²) >= 11 is 4.73. The van der Waals surface area contributed by atoms with E-state index in [9.17, 15) is 9.35 Å². The number of carbonyl (C=O) groups is 1. The summed E-state index contributed by atoms with van der Waals surface area (Å²) in [6, 6.07) is 0. The van der Waals surface area contributed by atoms with Gasteiger partial charge in [-0.2, -0.15) is 0 Å². The maximum atomic E-state index is 12.4. The molecule has 1 amide bonds. The lowest BCUT2D eigenvalue weighted by molar-refractivity contribution is 0.134. The second-order valence-electron chi connectivity index (χ2n) is 3.67. The van der Waals surface area contributed by atoms with Gasteiger partial charge in [0, 0.05) is 7.05 Å². The summed E-state index contributed by atoms with van der Waals surface area (Å²) in [5.74, 6) is 0. The second kappa shape index (κ2) is 10.8. The molecule has 0 aromatic carbocycles. The summed E-state index contributed by atoms with van der Waals surface area (Å²) in [6.45, 7) is 2.90. The van der Waals surface area contributed by atoms with Gasteiger partial charge in [0.25, 0.3) is 0 Å². The summed E-state index contributed by atoms with van der Waals surface area (Å²) < 4.78 is 25.4. The Balaban J connectivity index is 4.94. The standard InChI is InChI=1S/C10H22N3O5PS3/c1-7-16-19(20,17-8-2)13(5)22(15)12(4)10(14)18-11-9(3)21-6/h7-8H2,1-6H3. The molecule has 0 radical (unpaired) electrons. The molecule has 0 aromatic rings.